The number of hydrogen-bond acceptors (Lipinski definition) is 5. The summed E-state index contributed by atoms with van der Waals surface area (Å²) in [6, 6.07) is 18.6. The van der Waals surface area contributed by atoms with E-state index in [9.17, 15) is 19.5 Å². The zero-order valence-electron chi connectivity index (χ0n) is 23.3. The minimum Gasteiger partial charge on any atom is -0.463 e. The van der Waals surface area contributed by atoms with Crippen LogP contribution in [0.4, 0.5) is 0 Å². The van der Waals surface area contributed by atoms with E-state index < -0.39 is 18.0 Å². The maximum absolute atomic E-state index is 13.3. The van der Waals surface area contributed by atoms with Crippen molar-refractivity contribution in [1.82, 2.24) is 10.6 Å². The first kappa shape index (κ1) is 30.1. The van der Waals surface area contributed by atoms with Crippen LogP contribution in [0.2, 0.25) is 0 Å². The molecule has 2 aromatic rings. The first-order valence-corrected chi connectivity index (χ1v) is 13.8. The standard InChI is InChI=1S/C32H42N2O5/c1-32(2,3)28-22-39-31(38)26(18-23-12-6-4-7-13-23)17-11-10-16-25(30(37)34-28)20-29(36)33-27(21-35)19-24-14-8-5-9-15-24/h4-15,25-28,35H,16-22H2,1-3H3,(H,33,36)(H,34,37)/t25-,26+,27+,28-/m1/s1. The number of hydrogen-bond donors (Lipinski definition) is 3. The second-order valence-corrected chi connectivity index (χ2v) is 11.4. The summed E-state index contributed by atoms with van der Waals surface area (Å²) in [5.74, 6) is -1.76. The van der Waals surface area contributed by atoms with E-state index in [-0.39, 0.29) is 48.8 Å². The molecule has 0 saturated heterocycles. The van der Waals surface area contributed by atoms with Gasteiger partial charge in [-0.25, -0.2) is 0 Å². The summed E-state index contributed by atoms with van der Waals surface area (Å²) in [6.45, 7) is 5.81. The number of cyclic esters (lactones) is 1. The molecule has 0 bridgehead atoms. The van der Waals surface area contributed by atoms with Crippen LogP contribution in [0.5, 0.6) is 0 Å². The summed E-state index contributed by atoms with van der Waals surface area (Å²) in [6.07, 6.45) is 5.69. The largest absolute Gasteiger partial charge is 0.463 e. The van der Waals surface area contributed by atoms with Crippen LogP contribution in [0.1, 0.15) is 51.2 Å². The zero-order valence-corrected chi connectivity index (χ0v) is 23.3. The number of aliphatic hydroxyl groups excluding tert-OH is 1. The lowest BCUT2D eigenvalue weighted by atomic mass is 9.86. The van der Waals surface area contributed by atoms with E-state index in [1.807, 2.05) is 93.6 Å². The third-order valence-corrected chi connectivity index (χ3v) is 7.13. The molecule has 1 heterocycles. The molecule has 210 valence electrons. The Balaban J connectivity index is 1.73. The maximum atomic E-state index is 13.3. The number of allylic oxidation sites excluding steroid dienone is 2. The summed E-state index contributed by atoms with van der Waals surface area (Å²) in [7, 11) is 0. The monoisotopic (exact) mass is 534 g/mol. The zero-order chi connectivity index (χ0) is 28.3. The molecule has 1 aliphatic heterocycles. The number of rotatable bonds is 8. The van der Waals surface area contributed by atoms with Crippen molar-refractivity contribution in [1.29, 1.82) is 0 Å². The van der Waals surface area contributed by atoms with Crippen LogP contribution >= 0.6 is 0 Å². The van der Waals surface area contributed by atoms with E-state index in [4.69, 9.17) is 4.74 Å². The van der Waals surface area contributed by atoms with Gasteiger partial charge in [0.15, 0.2) is 0 Å². The van der Waals surface area contributed by atoms with Gasteiger partial charge in [-0.3, -0.25) is 14.4 Å². The van der Waals surface area contributed by atoms with Gasteiger partial charge in [-0.2, -0.15) is 0 Å². The Morgan fingerprint density at radius 2 is 1.56 bits per heavy atom. The molecule has 0 radical (unpaired) electrons. The highest BCUT2D eigenvalue weighted by molar-refractivity contribution is 5.86. The van der Waals surface area contributed by atoms with Crippen molar-refractivity contribution in [2.24, 2.45) is 17.3 Å². The molecule has 3 rings (SSSR count). The minimum absolute atomic E-state index is 0.00838. The van der Waals surface area contributed by atoms with Gasteiger partial charge in [-0.1, -0.05) is 93.6 Å². The number of carbonyl (C=O) groups is 3. The third-order valence-electron chi connectivity index (χ3n) is 7.13. The molecule has 2 amide bonds. The minimum atomic E-state index is -0.593. The fraction of sp³-hybridized carbons (Fsp3) is 0.469. The van der Waals surface area contributed by atoms with Crippen molar-refractivity contribution in [3.8, 4) is 0 Å². The Morgan fingerprint density at radius 1 is 0.974 bits per heavy atom. The van der Waals surface area contributed by atoms with Gasteiger partial charge in [0.05, 0.1) is 30.5 Å². The Kier molecular flexibility index (Phi) is 11.3. The molecule has 39 heavy (non-hydrogen) atoms. The Labute approximate surface area is 232 Å². The lowest BCUT2D eigenvalue weighted by molar-refractivity contribution is -0.151. The van der Waals surface area contributed by atoms with E-state index >= 15 is 0 Å². The molecule has 4 atom stereocenters. The smallest absolute Gasteiger partial charge is 0.309 e. The molecular formula is C32H42N2O5. The normalized spacial score (nSPS) is 21.6. The SMILES string of the molecule is CC(C)(C)[C@H]1COC(=O)[C@H](Cc2ccccc2)CC=CC[C@H](CC(=O)N[C@H](CO)Cc2ccccc2)C(=O)N1. The summed E-state index contributed by atoms with van der Waals surface area (Å²) in [5, 5.41) is 15.8. The number of ether oxygens (including phenoxy) is 1. The average molecular weight is 535 g/mol. The van der Waals surface area contributed by atoms with Crippen LogP contribution < -0.4 is 10.6 Å². The van der Waals surface area contributed by atoms with Crippen LogP contribution in [-0.2, 0) is 32.0 Å². The second kappa shape index (κ2) is 14.6. The molecule has 0 fully saturated rings. The fourth-order valence-electron chi connectivity index (χ4n) is 4.62. The number of nitrogens with one attached hydrogen (secondary N) is 2. The highest BCUT2D eigenvalue weighted by Crippen LogP contribution is 2.24. The predicted octanol–water partition coefficient (Wildman–Crippen LogP) is 4.00. The van der Waals surface area contributed by atoms with Gasteiger partial charge in [0.2, 0.25) is 11.8 Å². The van der Waals surface area contributed by atoms with Crippen LogP contribution in [0.25, 0.3) is 0 Å². The van der Waals surface area contributed by atoms with Crippen molar-refractivity contribution < 1.29 is 24.2 Å². The van der Waals surface area contributed by atoms with Gasteiger partial charge in [0, 0.05) is 6.42 Å². The molecule has 7 nitrogen and oxygen atoms in total. The van der Waals surface area contributed by atoms with E-state index in [0.29, 0.717) is 25.7 Å². The number of carbonyl (C=O) groups excluding carboxylic acids is 3. The second-order valence-electron chi connectivity index (χ2n) is 11.4. The molecule has 0 saturated carbocycles. The number of aliphatic hydroxyl groups is 1. The van der Waals surface area contributed by atoms with Crippen LogP contribution in [-0.4, -0.2) is 48.2 Å². The summed E-state index contributed by atoms with van der Waals surface area (Å²) < 4.78 is 5.73. The van der Waals surface area contributed by atoms with Gasteiger partial charge in [0.1, 0.15) is 6.61 Å². The molecule has 0 unspecified atom stereocenters. The molecule has 0 aliphatic carbocycles. The highest BCUT2D eigenvalue weighted by Gasteiger charge is 2.32. The third kappa shape index (κ3) is 9.98. The van der Waals surface area contributed by atoms with E-state index in [1.165, 1.54) is 0 Å². The lowest BCUT2D eigenvalue weighted by Gasteiger charge is -2.33. The van der Waals surface area contributed by atoms with E-state index in [2.05, 4.69) is 10.6 Å². The molecule has 1 aliphatic rings. The number of amides is 2. The van der Waals surface area contributed by atoms with Crippen molar-refractivity contribution in [2.75, 3.05) is 13.2 Å². The van der Waals surface area contributed by atoms with Gasteiger partial charge in [-0.15, -0.1) is 0 Å². The van der Waals surface area contributed by atoms with Gasteiger partial charge in [0.25, 0.3) is 0 Å². The van der Waals surface area contributed by atoms with E-state index in [0.717, 1.165) is 11.1 Å². The van der Waals surface area contributed by atoms with Gasteiger partial charge < -0.3 is 20.5 Å². The topological polar surface area (TPSA) is 105 Å². The Bertz CT molecular complexity index is 1090. The van der Waals surface area contributed by atoms with Crippen molar-refractivity contribution in [3.05, 3.63) is 83.9 Å². The van der Waals surface area contributed by atoms with Gasteiger partial charge >= 0.3 is 5.97 Å². The van der Waals surface area contributed by atoms with Gasteiger partial charge in [-0.05, 0) is 42.2 Å². The Morgan fingerprint density at radius 3 is 2.15 bits per heavy atom. The lowest BCUT2D eigenvalue weighted by Crippen LogP contribution is -2.50. The van der Waals surface area contributed by atoms with Crippen LogP contribution in [0, 0.1) is 17.3 Å². The maximum Gasteiger partial charge on any atom is 0.309 e. The van der Waals surface area contributed by atoms with Crippen molar-refractivity contribution in [3.63, 3.8) is 0 Å². The number of benzene rings is 2. The quantitative estimate of drug-likeness (QED) is 0.351. The molecule has 3 N–H and O–H groups in total. The Hall–Kier alpha value is -3.45. The van der Waals surface area contributed by atoms with Crippen molar-refractivity contribution >= 4 is 17.8 Å². The van der Waals surface area contributed by atoms with E-state index in [1.54, 1.807) is 0 Å². The average Bonchev–Trinajstić information content (AvgIpc) is 2.91. The number of esters is 1. The van der Waals surface area contributed by atoms with Crippen LogP contribution in [0.3, 0.4) is 0 Å². The molecule has 2 aromatic carbocycles. The van der Waals surface area contributed by atoms with Crippen molar-refractivity contribution in [2.45, 2.75) is 65.0 Å². The summed E-state index contributed by atoms with van der Waals surface area (Å²) in [4.78, 5) is 39.3. The fourth-order valence-corrected chi connectivity index (χ4v) is 4.62. The van der Waals surface area contributed by atoms with Crippen LogP contribution in [0.15, 0.2) is 72.8 Å². The first-order valence-electron chi connectivity index (χ1n) is 13.8. The predicted molar refractivity (Wildman–Crippen MR) is 152 cm³/mol. The molecular weight excluding hydrogens is 492 g/mol. The molecule has 0 aromatic heterocycles. The summed E-state index contributed by atoms with van der Waals surface area (Å²) >= 11 is 0. The highest BCUT2D eigenvalue weighted by atomic mass is 16.5. The molecule has 7 heteroatoms. The molecule has 0 spiro atoms. The first-order chi connectivity index (χ1) is 18.7. The summed E-state index contributed by atoms with van der Waals surface area (Å²) in [5.41, 5.74) is 1.70.